The number of nitrogens with zero attached hydrogens (tertiary/aromatic N) is 2. The van der Waals surface area contributed by atoms with Gasteiger partial charge in [-0.05, 0) is 50.3 Å². The summed E-state index contributed by atoms with van der Waals surface area (Å²) in [6.07, 6.45) is 3.32. The molecule has 0 bridgehead atoms. The van der Waals surface area contributed by atoms with Gasteiger partial charge >= 0.3 is 6.09 Å². The molecule has 0 aromatic heterocycles. The van der Waals surface area contributed by atoms with Gasteiger partial charge in [0.1, 0.15) is 5.75 Å². The number of aliphatic imine (C=N–C) groups is 1. The Morgan fingerprint density at radius 3 is 2.85 bits per heavy atom. The molecule has 7 nitrogen and oxygen atoms in total. The van der Waals surface area contributed by atoms with Crippen molar-refractivity contribution in [1.29, 1.82) is 0 Å². The van der Waals surface area contributed by atoms with Gasteiger partial charge in [-0.15, -0.1) is 0 Å². The fraction of sp³-hybridized carbons (Fsp3) is 0.579. The van der Waals surface area contributed by atoms with E-state index >= 15 is 0 Å². The molecular weight excluding hydrogens is 332 g/mol. The van der Waals surface area contributed by atoms with Crippen LogP contribution in [0.15, 0.2) is 29.3 Å². The minimum atomic E-state index is -0.231. The molecule has 1 aromatic rings. The van der Waals surface area contributed by atoms with Crippen molar-refractivity contribution in [2.24, 2.45) is 10.7 Å². The molecular formula is C19H30N4O3. The summed E-state index contributed by atoms with van der Waals surface area (Å²) in [6, 6.07) is 8.32. The number of rotatable bonds is 7. The summed E-state index contributed by atoms with van der Waals surface area (Å²) in [5, 5.41) is 3.26. The van der Waals surface area contributed by atoms with Gasteiger partial charge in [-0.3, -0.25) is 4.99 Å². The maximum atomic E-state index is 11.7. The molecule has 7 heteroatoms. The molecule has 0 atom stereocenters. The van der Waals surface area contributed by atoms with Gasteiger partial charge in [-0.1, -0.05) is 12.1 Å². The quantitative estimate of drug-likeness (QED) is 0.441. The van der Waals surface area contributed by atoms with Crippen molar-refractivity contribution in [3.05, 3.63) is 29.8 Å². The van der Waals surface area contributed by atoms with E-state index in [9.17, 15) is 4.79 Å². The monoisotopic (exact) mass is 362 g/mol. The number of guanidine groups is 1. The van der Waals surface area contributed by atoms with Crippen LogP contribution in [0.3, 0.4) is 0 Å². The zero-order valence-corrected chi connectivity index (χ0v) is 15.7. The Labute approximate surface area is 155 Å². The molecule has 26 heavy (non-hydrogen) atoms. The van der Waals surface area contributed by atoms with E-state index < -0.39 is 0 Å². The standard InChI is InChI=1S/C19H30N4O3/c1-3-26-19(24)23-12-9-16(10-13-23)22-18(20)21-11-5-7-15-6-4-8-17(14-15)25-2/h4,6,8,14,16H,3,5,7,9-13H2,1-2H3,(H3,20,21,22). The first-order chi connectivity index (χ1) is 12.6. The van der Waals surface area contributed by atoms with Crippen LogP contribution in [0.4, 0.5) is 4.79 Å². The molecule has 1 saturated heterocycles. The van der Waals surface area contributed by atoms with Crippen LogP contribution in [0.1, 0.15) is 31.7 Å². The zero-order valence-electron chi connectivity index (χ0n) is 15.7. The third-order valence-corrected chi connectivity index (χ3v) is 4.41. The maximum absolute atomic E-state index is 11.7. The van der Waals surface area contributed by atoms with E-state index in [1.54, 1.807) is 12.0 Å². The van der Waals surface area contributed by atoms with E-state index in [1.807, 2.05) is 25.1 Å². The summed E-state index contributed by atoms with van der Waals surface area (Å²) in [4.78, 5) is 17.8. The van der Waals surface area contributed by atoms with Crippen LogP contribution in [-0.4, -0.2) is 56.3 Å². The molecule has 3 N–H and O–H groups in total. The number of hydrogen-bond acceptors (Lipinski definition) is 4. The van der Waals surface area contributed by atoms with Crippen LogP contribution >= 0.6 is 0 Å². The van der Waals surface area contributed by atoms with Crippen LogP contribution in [0.25, 0.3) is 0 Å². The number of amides is 1. The predicted molar refractivity (Wildman–Crippen MR) is 103 cm³/mol. The number of aryl methyl sites for hydroxylation is 1. The van der Waals surface area contributed by atoms with Crippen LogP contribution < -0.4 is 15.8 Å². The summed E-state index contributed by atoms with van der Waals surface area (Å²) < 4.78 is 10.3. The van der Waals surface area contributed by atoms with Crippen molar-refractivity contribution in [2.75, 3.05) is 33.4 Å². The number of hydrogen-bond donors (Lipinski definition) is 2. The smallest absolute Gasteiger partial charge is 0.409 e. The lowest BCUT2D eigenvalue weighted by atomic mass is 10.1. The summed E-state index contributed by atoms with van der Waals surface area (Å²) >= 11 is 0. The molecule has 0 radical (unpaired) electrons. The minimum absolute atomic E-state index is 0.231. The van der Waals surface area contributed by atoms with Crippen molar-refractivity contribution in [1.82, 2.24) is 10.2 Å². The van der Waals surface area contributed by atoms with Crippen molar-refractivity contribution < 1.29 is 14.3 Å². The van der Waals surface area contributed by atoms with Crippen molar-refractivity contribution in [3.8, 4) is 5.75 Å². The van der Waals surface area contributed by atoms with Gasteiger partial charge in [0.25, 0.3) is 0 Å². The highest BCUT2D eigenvalue weighted by molar-refractivity contribution is 5.78. The number of benzene rings is 1. The Bertz CT molecular complexity index is 598. The number of carbonyl (C=O) groups excluding carboxylic acids is 1. The molecule has 1 aliphatic heterocycles. The minimum Gasteiger partial charge on any atom is -0.497 e. The highest BCUT2D eigenvalue weighted by Gasteiger charge is 2.23. The van der Waals surface area contributed by atoms with Crippen LogP contribution in [-0.2, 0) is 11.2 Å². The first-order valence-corrected chi connectivity index (χ1v) is 9.23. The summed E-state index contributed by atoms with van der Waals surface area (Å²) in [7, 11) is 1.67. The SMILES string of the molecule is CCOC(=O)N1CCC(NC(N)=NCCCc2cccc(OC)c2)CC1. The Morgan fingerprint density at radius 2 is 2.15 bits per heavy atom. The van der Waals surface area contributed by atoms with E-state index in [0.717, 1.165) is 31.4 Å². The molecule has 0 spiro atoms. The first kappa shape index (κ1) is 19.9. The molecule has 0 aliphatic carbocycles. The van der Waals surface area contributed by atoms with E-state index in [2.05, 4.69) is 16.4 Å². The summed E-state index contributed by atoms with van der Waals surface area (Å²) in [5.74, 6) is 1.35. The van der Waals surface area contributed by atoms with E-state index in [-0.39, 0.29) is 12.1 Å². The lowest BCUT2D eigenvalue weighted by Crippen LogP contribution is -2.48. The van der Waals surface area contributed by atoms with Crippen molar-refractivity contribution in [2.45, 2.75) is 38.6 Å². The Balaban J connectivity index is 1.66. The van der Waals surface area contributed by atoms with Crippen LogP contribution in [0.5, 0.6) is 5.75 Å². The maximum Gasteiger partial charge on any atom is 0.409 e. The summed E-state index contributed by atoms with van der Waals surface area (Å²) in [6.45, 7) is 4.26. The summed E-state index contributed by atoms with van der Waals surface area (Å²) in [5.41, 5.74) is 7.22. The highest BCUT2D eigenvalue weighted by Crippen LogP contribution is 2.14. The van der Waals surface area contributed by atoms with Gasteiger partial charge in [0.05, 0.1) is 13.7 Å². The van der Waals surface area contributed by atoms with E-state index in [0.29, 0.717) is 32.2 Å². The molecule has 0 unspecified atom stereocenters. The second kappa shape index (κ2) is 10.5. The van der Waals surface area contributed by atoms with E-state index in [1.165, 1.54) is 5.56 Å². The van der Waals surface area contributed by atoms with Gasteiger partial charge in [-0.25, -0.2) is 4.79 Å². The predicted octanol–water partition coefficient (Wildman–Crippen LogP) is 2.15. The molecule has 1 heterocycles. The molecule has 1 fully saturated rings. The third kappa shape index (κ3) is 6.46. The van der Waals surface area contributed by atoms with Crippen LogP contribution in [0.2, 0.25) is 0 Å². The van der Waals surface area contributed by atoms with Gasteiger partial charge in [0, 0.05) is 25.7 Å². The number of nitrogens with two attached hydrogens (primary N) is 1. The lowest BCUT2D eigenvalue weighted by Gasteiger charge is -2.31. The van der Waals surface area contributed by atoms with Gasteiger partial charge in [0.15, 0.2) is 5.96 Å². The molecule has 1 aliphatic rings. The molecule has 1 amide bonds. The first-order valence-electron chi connectivity index (χ1n) is 9.23. The Kier molecular flexibility index (Phi) is 8.05. The van der Waals surface area contributed by atoms with Gasteiger partial charge in [0.2, 0.25) is 0 Å². The number of nitrogens with one attached hydrogen (secondary N) is 1. The molecule has 1 aromatic carbocycles. The third-order valence-electron chi connectivity index (χ3n) is 4.41. The van der Waals surface area contributed by atoms with Crippen molar-refractivity contribution >= 4 is 12.1 Å². The second-order valence-corrected chi connectivity index (χ2v) is 6.33. The number of likely N-dealkylation sites (tertiary alicyclic amines) is 1. The fourth-order valence-electron chi connectivity index (χ4n) is 2.99. The number of methoxy groups -OCH3 is 1. The lowest BCUT2D eigenvalue weighted by molar-refractivity contribution is 0.0963. The largest absolute Gasteiger partial charge is 0.497 e. The topological polar surface area (TPSA) is 89.2 Å². The molecule has 0 saturated carbocycles. The van der Waals surface area contributed by atoms with Crippen molar-refractivity contribution in [3.63, 3.8) is 0 Å². The number of carbonyl (C=O) groups is 1. The number of piperidine rings is 1. The Morgan fingerprint density at radius 1 is 1.38 bits per heavy atom. The molecule has 2 rings (SSSR count). The average molecular weight is 362 g/mol. The highest BCUT2D eigenvalue weighted by atomic mass is 16.6. The fourth-order valence-corrected chi connectivity index (χ4v) is 2.99. The average Bonchev–Trinajstić information content (AvgIpc) is 2.66. The van der Waals surface area contributed by atoms with Crippen LogP contribution in [0, 0.1) is 0 Å². The zero-order chi connectivity index (χ0) is 18.8. The van der Waals surface area contributed by atoms with Gasteiger partial charge in [-0.2, -0.15) is 0 Å². The van der Waals surface area contributed by atoms with Gasteiger partial charge < -0.3 is 25.4 Å². The Hall–Kier alpha value is -2.44. The normalized spacial score (nSPS) is 15.6. The second-order valence-electron chi connectivity index (χ2n) is 6.33. The number of ether oxygens (including phenoxy) is 2. The molecule has 144 valence electrons. The van der Waals surface area contributed by atoms with E-state index in [4.69, 9.17) is 15.2 Å².